The summed E-state index contributed by atoms with van der Waals surface area (Å²) in [5.74, 6) is -1.16. The normalized spacial score (nSPS) is 17.3. The van der Waals surface area contributed by atoms with Gasteiger partial charge in [0, 0.05) is 42.7 Å². The number of carbonyl (C=O) groups is 2. The van der Waals surface area contributed by atoms with Crippen molar-refractivity contribution < 1.29 is 14.5 Å². The quantitative estimate of drug-likeness (QED) is 0.413. The summed E-state index contributed by atoms with van der Waals surface area (Å²) in [4.78, 5) is 36.8. The van der Waals surface area contributed by atoms with Crippen LogP contribution in [-0.2, 0) is 16.6 Å². The molecule has 0 N–H and O–H groups in total. The number of amides is 2. The maximum atomic E-state index is 13.0. The van der Waals surface area contributed by atoms with Gasteiger partial charge in [0.05, 0.1) is 16.5 Å². The number of nitrogens with zero attached hydrogens (tertiary/aromatic N) is 3. The van der Waals surface area contributed by atoms with Gasteiger partial charge in [0.1, 0.15) is 0 Å². The predicted molar refractivity (Wildman–Crippen MR) is 95.9 cm³/mol. The van der Waals surface area contributed by atoms with Crippen molar-refractivity contribution >= 4 is 34.1 Å². The lowest BCUT2D eigenvalue weighted by atomic mass is 9.97. The highest BCUT2D eigenvalue weighted by Crippen LogP contribution is 2.37. The Labute approximate surface area is 148 Å². The number of non-ortho nitro benzene ring substituents is 1. The Morgan fingerprint density at radius 3 is 2.46 bits per heavy atom. The average molecular weight is 349 g/mol. The van der Waals surface area contributed by atoms with E-state index in [0.717, 1.165) is 21.4 Å². The van der Waals surface area contributed by atoms with E-state index in [1.165, 1.54) is 24.3 Å². The number of anilines is 1. The minimum absolute atomic E-state index is 0.0848. The van der Waals surface area contributed by atoms with Gasteiger partial charge >= 0.3 is 0 Å². The van der Waals surface area contributed by atoms with Crippen LogP contribution in [0.5, 0.6) is 0 Å². The Kier molecular flexibility index (Phi) is 3.57. The van der Waals surface area contributed by atoms with E-state index in [2.05, 4.69) is 0 Å². The molecule has 1 atom stereocenters. The van der Waals surface area contributed by atoms with E-state index in [1.807, 2.05) is 42.1 Å². The van der Waals surface area contributed by atoms with Crippen molar-refractivity contribution in [3.8, 4) is 0 Å². The van der Waals surface area contributed by atoms with Gasteiger partial charge in [-0.05, 0) is 23.8 Å². The minimum atomic E-state index is -0.552. The highest BCUT2D eigenvalue weighted by molar-refractivity contribution is 6.23. The van der Waals surface area contributed by atoms with Crippen molar-refractivity contribution in [3.63, 3.8) is 0 Å². The lowest BCUT2D eigenvalue weighted by Gasteiger charge is -2.14. The first-order valence-electron chi connectivity index (χ1n) is 8.12. The molecule has 7 nitrogen and oxygen atoms in total. The highest BCUT2D eigenvalue weighted by atomic mass is 16.6. The number of hydrogen-bond donors (Lipinski definition) is 0. The van der Waals surface area contributed by atoms with Crippen molar-refractivity contribution in [3.05, 3.63) is 70.4 Å². The van der Waals surface area contributed by atoms with Crippen LogP contribution in [0.1, 0.15) is 17.9 Å². The smallest absolute Gasteiger partial charge is 0.269 e. The Morgan fingerprint density at radius 2 is 1.77 bits per heavy atom. The zero-order chi connectivity index (χ0) is 18.4. The first-order chi connectivity index (χ1) is 12.5. The van der Waals surface area contributed by atoms with E-state index in [1.54, 1.807) is 0 Å². The third-order valence-corrected chi connectivity index (χ3v) is 4.77. The van der Waals surface area contributed by atoms with Crippen molar-refractivity contribution in [1.29, 1.82) is 0 Å². The average Bonchev–Trinajstić information content (AvgIpc) is 3.12. The molecule has 2 heterocycles. The number of aryl methyl sites for hydroxylation is 1. The second-order valence-electron chi connectivity index (χ2n) is 6.31. The molecule has 1 aliphatic heterocycles. The van der Waals surface area contributed by atoms with Crippen molar-refractivity contribution in [2.45, 2.75) is 12.3 Å². The molecule has 7 heteroatoms. The summed E-state index contributed by atoms with van der Waals surface area (Å²) in [5.41, 5.74) is 2.09. The standard InChI is InChI=1S/C19H15N3O4/c1-20-11-16(14-4-2-3-5-17(14)20)15-10-18(23)21(19(15)24)12-6-8-13(9-7-12)22(25)26/h2-9,11,15H,10H2,1H3/t15-/m0/s1. The molecule has 130 valence electrons. The van der Waals surface area contributed by atoms with Crippen LogP contribution in [0.25, 0.3) is 10.9 Å². The van der Waals surface area contributed by atoms with E-state index >= 15 is 0 Å². The van der Waals surface area contributed by atoms with Gasteiger partial charge in [-0.3, -0.25) is 19.7 Å². The van der Waals surface area contributed by atoms with Gasteiger partial charge in [-0.25, -0.2) is 4.90 Å². The number of nitro benzene ring substituents is 1. The van der Waals surface area contributed by atoms with Gasteiger partial charge < -0.3 is 4.57 Å². The monoisotopic (exact) mass is 349 g/mol. The van der Waals surface area contributed by atoms with E-state index in [4.69, 9.17) is 0 Å². The Morgan fingerprint density at radius 1 is 1.08 bits per heavy atom. The lowest BCUT2D eigenvalue weighted by molar-refractivity contribution is -0.384. The van der Waals surface area contributed by atoms with Gasteiger partial charge in [-0.1, -0.05) is 18.2 Å². The molecule has 0 radical (unpaired) electrons. The molecule has 0 spiro atoms. The van der Waals surface area contributed by atoms with Crippen LogP contribution in [0.3, 0.4) is 0 Å². The largest absolute Gasteiger partial charge is 0.350 e. The van der Waals surface area contributed by atoms with Crippen LogP contribution in [0.15, 0.2) is 54.7 Å². The number of fused-ring (bicyclic) bond motifs is 1. The van der Waals surface area contributed by atoms with Gasteiger partial charge in [0.25, 0.3) is 5.69 Å². The summed E-state index contributed by atoms with van der Waals surface area (Å²) in [5, 5.41) is 11.7. The van der Waals surface area contributed by atoms with Crippen molar-refractivity contribution in [2.24, 2.45) is 7.05 Å². The molecule has 1 aliphatic rings. The van der Waals surface area contributed by atoms with Crippen LogP contribution in [0.4, 0.5) is 11.4 Å². The second-order valence-corrected chi connectivity index (χ2v) is 6.31. The molecular formula is C19H15N3O4. The number of imide groups is 1. The van der Waals surface area contributed by atoms with Crippen molar-refractivity contribution in [2.75, 3.05) is 4.90 Å². The fourth-order valence-electron chi connectivity index (χ4n) is 3.52. The molecule has 0 saturated carbocycles. The molecule has 1 fully saturated rings. The zero-order valence-corrected chi connectivity index (χ0v) is 14.0. The maximum absolute atomic E-state index is 13.0. The van der Waals surface area contributed by atoms with E-state index in [9.17, 15) is 19.7 Å². The molecule has 4 rings (SSSR count). The number of aromatic nitrogens is 1. The van der Waals surface area contributed by atoms with Gasteiger partial charge in [0.15, 0.2) is 0 Å². The first-order valence-corrected chi connectivity index (χ1v) is 8.12. The molecule has 0 aliphatic carbocycles. The molecule has 2 aromatic carbocycles. The molecule has 2 amide bonds. The Hall–Kier alpha value is -3.48. The third kappa shape index (κ3) is 2.36. The van der Waals surface area contributed by atoms with Crippen LogP contribution >= 0.6 is 0 Å². The molecule has 0 bridgehead atoms. The Balaban J connectivity index is 1.72. The van der Waals surface area contributed by atoms with Gasteiger partial charge in [-0.2, -0.15) is 0 Å². The second kappa shape index (κ2) is 5.80. The summed E-state index contributed by atoms with van der Waals surface area (Å²) in [6.45, 7) is 0. The predicted octanol–water partition coefficient (Wildman–Crippen LogP) is 3.13. The molecule has 26 heavy (non-hydrogen) atoms. The molecule has 0 unspecified atom stereocenters. The van der Waals surface area contributed by atoms with E-state index in [-0.39, 0.29) is 23.9 Å². The maximum Gasteiger partial charge on any atom is 0.269 e. The molecule has 3 aromatic rings. The first kappa shape index (κ1) is 16.0. The van der Waals surface area contributed by atoms with Gasteiger partial charge in [0.2, 0.25) is 11.8 Å². The number of benzene rings is 2. The summed E-state index contributed by atoms with van der Waals surface area (Å²) in [7, 11) is 1.90. The van der Waals surface area contributed by atoms with E-state index in [0.29, 0.717) is 5.69 Å². The number of nitro groups is 1. The Bertz CT molecular complexity index is 1050. The van der Waals surface area contributed by atoms with Crippen LogP contribution < -0.4 is 4.90 Å². The van der Waals surface area contributed by atoms with E-state index < -0.39 is 10.8 Å². The summed E-state index contributed by atoms with van der Waals surface area (Å²) in [6, 6.07) is 13.2. The third-order valence-electron chi connectivity index (χ3n) is 4.77. The van der Waals surface area contributed by atoms with Crippen LogP contribution in [0, 0.1) is 10.1 Å². The fraction of sp³-hybridized carbons (Fsp3) is 0.158. The summed E-state index contributed by atoms with van der Waals surface area (Å²) >= 11 is 0. The molecular weight excluding hydrogens is 334 g/mol. The number of para-hydroxylation sites is 1. The highest BCUT2D eigenvalue weighted by Gasteiger charge is 2.41. The topological polar surface area (TPSA) is 85.4 Å². The molecule has 1 saturated heterocycles. The zero-order valence-electron chi connectivity index (χ0n) is 14.0. The number of hydrogen-bond acceptors (Lipinski definition) is 4. The summed E-state index contributed by atoms with van der Waals surface area (Å²) < 4.78 is 1.94. The number of carbonyl (C=O) groups excluding carboxylic acids is 2. The van der Waals surface area contributed by atoms with Gasteiger partial charge in [-0.15, -0.1) is 0 Å². The minimum Gasteiger partial charge on any atom is -0.350 e. The van der Waals surface area contributed by atoms with Crippen LogP contribution in [0.2, 0.25) is 0 Å². The van der Waals surface area contributed by atoms with Crippen molar-refractivity contribution in [1.82, 2.24) is 4.57 Å². The summed E-state index contributed by atoms with van der Waals surface area (Å²) in [6.07, 6.45) is 1.98. The van der Waals surface area contributed by atoms with Crippen LogP contribution in [-0.4, -0.2) is 21.3 Å². The SMILES string of the molecule is Cn1cc([C@@H]2CC(=O)N(c3ccc([N+](=O)[O-])cc3)C2=O)c2ccccc21. The lowest BCUT2D eigenvalue weighted by Crippen LogP contribution is -2.29. The number of rotatable bonds is 3. The fourth-order valence-corrected chi connectivity index (χ4v) is 3.52. The molecule has 1 aromatic heterocycles.